The molecule has 0 aromatic heterocycles. The first-order chi connectivity index (χ1) is 8.49. The predicted molar refractivity (Wildman–Crippen MR) is 71.4 cm³/mol. The number of hydrogen-bond acceptors (Lipinski definition) is 4. The summed E-state index contributed by atoms with van der Waals surface area (Å²) in [7, 11) is 0. The molecule has 0 aliphatic carbocycles. The van der Waals surface area contributed by atoms with E-state index in [0.717, 1.165) is 4.90 Å². The second kappa shape index (κ2) is 7.06. The van der Waals surface area contributed by atoms with Gasteiger partial charge in [-0.1, -0.05) is 6.07 Å². The molecular weight excluding hydrogens is 250 g/mol. The Hall–Kier alpha value is -1.49. The SMILES string of the molecule is Cc1ccc(SCCC(=O)OCC(N)=O)cc1C. The number of primary amides is 1. The largest absolute Gasteiger partial charge is 0.456 e. The van der Waals surface area contributed by atoms with Crippen LogP contribution in [0.3, 0.4) is 0 Å². The number of carbonyl (C=O) groups excluding carboxylic acids is 2. The quantitative estimate of drug-likeness (QED) is 0.630. The van der Waals surface area contributed by atoms with Crippen LogP contribution in [0.1, 0.15) is 17.5 Å². The molecule has 0 saturated carbocycles. The van der Waals surface area contributed by atoms with E-state index in [0.29, 0.717) is 5.75 Å². The number of nitrogens with two attached hydrogens (primary N) is 1. The highest BCUT2D eigenvalue weighted by Gasteiger charge is 2.05. The monoisotopic (exact) mass is 267 g/mol. The normalized spacial score (nSPS) is 10.1. The standard InChI is InChI=1S/C13H17NO3S/c1-9-3-4-11(7-10(9)2)18-6-5-13(16)17-8-12(14)15/h3-4,7H,5-6,8H2,1-2H3,(H2,14,15). The van der Waals surface area contributed by atoms with Crippen LogP contribution >= 0.6 is 11.8 Å². The van der Waals surface area contributed by atoms with Crippen LogP contribution in [0.15, 0.2) is 23.1 Å². The Morgan fingerprint density at radius 1 is 1.28 bits per heavy atom. The molecule has 0 saturated heterocycles. The summed E-state index contributed by atoms with van der Waals surface area (Å²) in [6.45, 7) is 3.78. The number of rotatable bonds is 6. The first-order valence-corrected chi connectivity index (χ1v) is 6.61. The van der Waals surface area contributed by atoms with Crippen molar-refractivity contribution in [2.24, 2.45) is 5.73 Å². The summed E-state index contributed by atoms with van der Waals surface area (Å²) in [4.78, 5) is 22.7. The molecule has 98 valence electrons. The van der Waals surface area contributed by atoms with E-state index in [2.05, 4.69) is 30.7 Å². The smallest absolute Gasteiger partial charge is 0.307 e. The van der Waals surface area contributed by atoms with Crippen molar-refractivity contribution in [2.45, 2.75) is 25.2 Å². The van der Waals surface area contributed by atoms with Crippen molar-refractivity contribution in [3.8, 4) is 0 Å². The maximum absolute atomic E-state index is 11.2. The van der Waals surface area contributed by atoms with Gasteiger partial charge in [-0.25, -0.2) is 0 Å². The van der Waals surface area contributed by atoms with Crippen molar-refractivity contribution in [3.63, 3.8) is 0 Å². The van der Waals surface area contributed by atoms with E-state index in [-0.39, 0.29) is 13.0 Å². The maximum atomic E-state index is 11.2. The van der Waals surface area contributed by atoms with E-state index in [1.807, 2.05) is 6.07 Å². The summed E-state index contributed by atoms with van der Waals surface area (Å²) in [5.74, 6) is -0.407. The van der Waals surface area contributed by atoms with Gasteiger partial charge in [-0.3, -0.25) is 9.59 Å². The summed E-state index contributed by atoms with van der Waals surface area (Å²) >= 11 is 1.59. The van der Waals surface area contributed by atoms with Crippen LogP contribution in [0.25, 0.3) is 0 Å². The molecule has 0 spiro atoms. The fourth-order valence-electron chi connectivity index (χ4n) is 1.28. The highest BCUT2D eigenvalue weighted by Crippen LogP contribution is 2.21. The van der Waals surface area contributed by atoms with Crippen molar-refractivity contribution < 1.29 is 14.3 Å². The van der Waals surface area contributed by atoms with Crippen LogP contribution < -0.4 is 5.73 Å². The second-order valence-corrected chi connectivity index (χ2v) is 5.14. The average Bonchev–Trinajstić information content (AvgIpc) is 2.31. The summed E-state index contributed by atoms with van der Waals surface area (Å²) in [5, 5.41) is 0. The molecule has 1 amide bonds. The molecule has 0 radical (unpaired) electrons. The molecule has 1 aromatic rings. The van der Waals surface area contributed by atoms with Crippen LogP contribution in [0, 0.1) is 13.8 Å². The fraction of sp³-hybridized carbons (Fsp3) is 0.385. The average molecular weight is 267 g/mol. The van der Waals surface area contributed by atoms with Gasteiger partial charge in [0.1, 0.15) is 0 Å². The zero-order valence-electron chi connectivity index (χ0n) is 10.6. The zero-order valence-corrected chi connectivity index (χ0v) is 11.4. The van der Waals surface area contributed by atoms with Crippen LogP contribution in [0.5, 0.6) is 0 Å². The molecule has 0 heterocycles. The van der Waals surface area contributed by atoms with Gasteiger partial charge in [0.2, 0.25) is 0 Å². The molecular formula is C13H17NO3S. The number of aryl methyl sites for hydroxylation is 2. The van der Waals surface area contributed by atoms with Gasteiger partial charge in [-0.2, -0.15) is 0 Å². The Balaban J connectivity index is 2.30. The molecule has 0 unspecified atom stereocenters. The Labute approximate surface area is 111 Å². The van der Waals surface area contributed by atoms with Crippen molar-refractivity contribution in [1.82, 2.24) is 0 Å². The van der Waals surface area contributed by atoms with E-state index in [4.69, 9.17) is 5.73 Å². The van der Waals surface area contributed by atoms with Gasteiger partial charge in [-0.05, 0) is 37.1 Å². The molecule has 18 heavy (non-hydrogen) atoms. The number of carbonyl (C=O) groups is 2. The minimum Gasteiger partial charge on any atom is -0.456 e. The first-order valence-electron chi connectivity index (χ1n) is 5.63. The van der Waals surface area contributed by atoms with Gasteiger partial charge in [0.25, 0.3) is 5.91 Å². The fourth-order valence-corrected chi connectivity index (χ4v) is 2.21. The third kappa shape index (κ3) is 5.23. The number of thioether (sulfide) groups is 1. The number of benzene rings is 1. The van der Waals surface area contributed by atoms with E-state index >= 15 is 0 Å². The van der Waals surface area contributed by atoms with Crippen molar-refractivity contribution in [1.29, 1.82) is 0 Å². The van der Waals surface area contributed by atoms with E-state index in [1.54, 1.807) is 11.8 Å². The lowest BCUT2D eigenvalue weighted by Gasteiger charge is -2.05. The lowest BCUT2D eigenvalue weighted by Crippen LogP contribution is -2.20. The van der Waals surface area contributed by atoms with Crippen LogP contribution in [0.2, 0.25) is 0 Å². The van der Waals surface area contributed by atoms with Crippen molar-refractivity contribution >= 4 is 23.6 Å². The number of hydrogen-bond donors (Lipinski definition) is 1. The highest BCUT2D eigenvalue weighted by atomic mass is 32.2. The molecule has 4 nitrogen and oxygen atoms in total. The number of amides is 1. The topological polar surface area (TPSA) is 69.4 Å². The Kier molecular flexibility index (Phi) is 5.71. The Morgan fingerprint density at radius 3 is 2.61 bits per heavy atom. The molecule has 2 N–H and O–H groups in total. The second-order valence-electron chi connectivity index (χ2n) is 3.97. The third-order valence-electron chi connectivity index (χ3n) is 2.43. The summed E-state index contributed by atoms with van der Waals surface area (Å²) < 4.78 is 4.66. The molecule has 1 aromatic carbocycles. The molecule has 0 aliphatic heterocycles. The van der Waals surface area contributed by atoms with E-state index in [9.17, 15) is 9.59 Å². The van der Waals surface area contributed by atoms with Gasteiger partial charge in [0.05, 0.1) is 6.42 Å². The minimum atomic E-state index is -0.634. The van der Waals surface area contributed by atoms with Crippen LogP contribution in [-0.2, 0) is 14.3 Å². The lowest BCUT2D eigenvalue weighted by molar-refractivity contribution is -0.147. The van der Waals surface area contributed by atoms with Gasteiger partial charge in [0, 0.05) is 10.6 Å². The first kappa shape index (κ1) is 14.6. The predicted octanol–water partition coefficient (Wildman–Crippen LogP) is 1.81. The van der Waals surface area contributed by atoms with Gasteiger partial charge in [0.15, 0.2) is 6.61 Å². The Bertz CT molecular complexity index is 446. The van der Waals surface area contributed by atoms with Gasteiger partial charge < -0.3 is 10.5 Å². The number of ether oxygens (including phenoxy) is 1. The number of esters is 1. The van der Waals surface area contributed by atoms with E-state index in [1.165, 1.54) is 11.1 Å². The van der Waals surface area contributed by atoms with Gasteiger partial charge in [-0.15, -0.1) is 11.8 Å². The van der Waals surface area contributed by atoms with Crippen LogP contribution in [-0.4, -0.2) is 24.2 Å². The summed E-state index contributed by atoms with van der Waals surface area (Å²) in [6, 6.07) is 6.18. The molecule has 0 fully saturated rings. The molecule has 5 heteroatoms. The Morgan fingerprint density at radius 2 is 2.00 bits per heavy atom. The maximum Gasteiger partial charge on any atom is 0.307 e. The third-order valence-corrected chi connectivity index (χ3v) is 3.42. The van der Waals surface area contributed by atoms with Crippen molar-refractivity contribution in [3.05, 3.63) is 29.3 Å². The minimum absolute atomic E-state index is 0.269. The lowest BCUT2D eigenvalue weighted by atomic mass is 10.1. The summed E-state index contributed by atoms with van der Waals surface area (Å²) in [6.07, 6.45) is 0.269. The van der Waals surface area contributed by atoms with Crippen LogP contribution in [0.4, 0.5) is 0 Å². The molecule has 0 atom stereocenters. The van der Waals surface area contributed by atoms with E-state index < -0.39 is 11.9 Å². The zero-order chi connectivity index (χ0) is 13.5. The molecule has 0 bridgehead atoms. The summed E-state index contributed by atoms with van der Waals surface area (Å²) in [5.41, 5.74) is 7.35. The van der Waals surface area contributed by atoms with Gasteiger partial charge >= 0.3 is 5.97 Å². The highest BCUT2D eigenvalue weighted by molar-refractivity contribution is 7.99. The molecule has 0 aliphatic rings. The molecule has 1 rings (SSSR count). The van der Waals surface area contributed by atoms with Crippen molar-refractivity contribution in [2.75, 3.05) is 12.4 Å².